The number of carbonyl (C=O) groups excluding carboxylic acids is 1. The number of nitrogens with zero attached hydrogens (tertiary/aromatic N) is 1. The first kappa shape index (κ1) is 11.7. The summed E-state index contributed by atoms with van der Waals surface area (Å²) in [6, 6.07) is 0. The molecule has 0 amide bonds. The lowest BCUT2D eigenvalue weighted by molar-refractivity contribution is -0.116. The van der Waals surface area contributed by atoms with Crippen LogP contribution in [0.3, 0.4) is 0 Å². The first-order valence-corrected chi connectivity index (χ1v) is 6.67. The maximum Gasteiger partial charge on any atom is 0.149 e. The van der Waals surface area contributed by atoms with Gasteiger partial charge in [0, 0.05) is 16.8 Å². The quantitative estimate of drug-likeness (QED) is 0.751. The van der Waals surface area contributed by atoms with Gasteiger partial charge in [0.15, 0.2) is 0 Å². The Morgan fingerprint density at radius 2 is 2.50 bits per heavy atom. The zero-order valence-corrected chi connectivity index (χ0v) is 10.2. The number of hydrogen-bond donors (Lipinski definition) is 0. The molecule has 0 aromatic carbocycles. The van der Waals surface area contributed by atoms with Gasteiger partial charge in [-0.2, -0.15) is 11.8 Å². The Morgan fingerprint density at radius 1 is 1.71 bits per heavy atom. The van der Waals surface area contributed by atoms with E-state index in [9.17, 15) is 4.79 Å². The molecule has 2 nitrogen and oxygen atoms in total. The van der Waals surface area contributed by atoms with E-state index in [4.69, 9.17) is 0 Å². The summed E-state index contributed by atoms with van der Waals surface area (Å²) in [4.78, 5) is 15.6. The van der Waals surface area contributed by atoms with Crippen LogP contribution < -0.4 is 0 Å². The SMILES string of the molecule is CCC(C)SCC(=O)Cc1nccs1. The summed E-state index contributed by atoms with van der Waals surface area (Å²) >= 11 is 3.28. The van der Waals surface area contributed by atoms with Gasteiger partial charge >= 0.3 is 0 Å². The zero-order valence-electron chi connectivity index (χ0n) is 8.53. The standard InChI is InChI=1S/C10H15NOS2/c1-3-8(2)14-7-9(12)6-10-11-4-5-13-10/h4-5,8H,3,6-7H2,1-2H3. The third-order valence-corrected chi connectivity index (χ3v) is 4.11. The van der Waals surface area contributed by atoms with Crippen molar-refractivity contribution in [2.24, 2.45) is 0 Å². The third-order valence-electron chi connectivity index (χ3n) is 1.94. The molecule has 1 rings (SSSR count). The largest absolute Gasteiger partial charge is 0.298 e. The predicted molar refractivity (Wildman–Crippen MR) is 63.0 cm³/mol. The predicted octanol–water partition coefficient (Wildman–Crippen LogP) is 2.79. The monoisotopic (exact) mass is 229 g/mol. The van der Waals surface area contributed by atoms with E-state index < -0.39 is 0 Å². The number of thioether (sulfide) groups is 1. The molecule has 0 aliphatic heterocycles. The minimum absolute atomic E-state index is 0.283. The van der Waals surface area contributed by atoms with E-state index in [-0.39, 0.29) is 5.78 Å². The second-order valence-corrected chi connectivity index (χ2v) is 5.58. The smallest absolute Gasteiger partial charge is 0.149 e. The number of rotatable bonds is 6. The summed E-state index contributed by atoms with van der Waals surface area (Å²) in [5.41, 5.74) is 0. The molecule has 0 saturated heterocycles. The van der Waals surface area contributed by atoms with Crippen LogP contribution in [0.4, 0.5) is 0 Å². The number of Topliss-reactive ketones (excluding diaryl/α,β-unsaturated/α-hetero) is 1. The van der Waals surface area contributed by atoms with E-state index >= 15 is 0 Å². The van der Waals surface area contributed by atoms with Gasteiger partial charge in [-0.1, -0.05) is 13.8 Å². The van der Waals surface area contributed by atoms with Crippen molar-refractivity contribution in [3.05, 3.63) is 16.6 Å². The fourth-order valence-corrected chi connectivity index (χ4v) is 2.37. The minimum Gasteiger partial charge on any atom is -0.298 e. The van der Waals surface area contributed by atoms with Crippen LogP contribution in [0.2, 0.25) is 0 Å². The molecule has 1 aromatic rings. The third kappa shape index (κ3) is 4.24. The summed E-state index contributed by atoms with van der Waals surface area (Å²) in [6.45, 7) is 4.30. The summed E-state index contributed by atoms with van der Waals surface area (Å²) in [6.07, 6.45) is 3.37. The van der Waals surface area contributed by atoms with Crippen molar-refractivity contribution in [1.29, 1.82) is 0 Å². The van der Waals surface area contributed by atoms with Gasteiger partial charge in [-0.3, -0.25) is 4.79 Å². The second kappa shape index (κ2) is 6.19. The number of carbonyl (C=O) groups is 1. The van der Waals surface area contributed by atoms with E-state index in [1.54, 1.807) is 29.3 Å². The van der Waals surface area contributed by atoms with Crippen molar-refractivity contribution >= 4 is 28.9 Å². The Morgan fingerprint density at radius 3 is 3.07 bits per heavy atom. The van der Waals surface area contributed by atoms with Gasteiger partial charge in [0.05, 0.1) is 17.2 Å². The first-order chi connectivity index (χ1) is 6.72. The number of hydrogen-bond acceptors (Lipinski definition) is 4. The molecular weight excluding hydrogens is 214 g/mol. The normalized spacial score (nSPS) is 12.7. The van der Waals surface area contributed by atoms with Crippen LogP contribution in [0.25, 0.3) is 0 Å². The topological polar surface area (TPSA) is 30.0 Å². The van der Waals surface area contributed by atoms with E-state index in [1.807, 2.05) is 5.38 Å². The van der Waals surface area contributed by atoms with Gasteiger partial charge in [0.1, 0.15) is 5.78 Å². The Bertz CT molecular complexity index is 272. The lowest BCUT2D eigenvalue weighted by atomic mass is 10.3. The summed E-state index contributed by atoms with van der Waals surface area (Å²) in [5.74, 6) is 0.902. The fourth-order valence-electron chi connectivity index (χ4n) is 0.913. The van der Waals surface area contributed by atoms with E-state index in [1.165, 1.54) is 0 Å². The average molecular weight is 229 g/mol. The van der Waals surface area contributed by atoms with Gasteiger partial charge in [-0.25, -0.2) is 4.98 Å². The Hall–Kier alpha value is -0.350. The summed E-state index contributed by atoms with van der Waals surface area (Å²) in [7, 11) is 0. The number of aromatic nitrogens is 1. The number of ketones is 1. The lowest BCUT2D eigenvalue weighted by Gasteiger charge is -2.05. The molecule has 0 radical (unpaired) electrons. The molecule has 78 valence electrons. The highest BCUT2D eigenvalue weighted by Gasteiger charge is 2.07. The molecule has 0 fully saturated rings. The van der Waals surface area contributed by atoms with Crippen LogP contribution in [-0.2, 0) is 11.2 Å². The highest BCUT2D eigenvalue weighted by atomic mass is 32.2. The average Bonchev–Trinajstić information content (AvgIpc) is 2.66. The van der Waals surface area contributed by atoms with Crippen molar-refractivity contribution in [1.82, 2.24) is 4.98 Å². The molecule has 0 N–H and O–H groups in total. The first-order valence-electron chi connectivity index (χ1n) is 4.74. The molecule has 1 heterocycles. The molecule has 14 heavy (non-hydrogen) atoms. The maximum absolute atomic E-state index is 11.5. The summed E-state index contributed by atoms with van der Waals surface area (Å²) < 4.78 is 0. The molecule has 4 heteroatoms. The van der Waals surface area contributed by atoms with Crippen LogP contribution in [-0.4, -0.2) is 21.8 Å². The van der Waals surface area contributed by atoms with Crippen molar-refractivity contribution < 1.29 is 4.79 Å². The van der Waals surface area contributed by atoms with Crippen LogP contribution in [0, 0.1) is 0 Å². The highest BCUT2D eigenvalue weighted by molar-refractivity contribution is 8.00. The van der Waals surface area contributed by atoms with Crippen LogP contribution >= 0.6 is 23.1 Å². The van der Waals surface area contributed by atoms with E-state index in [0.717, 1.165) is 11.4 Å². The van der Waals surface area contributed by atoms with Gasteiger partial charge in [-0.15, -0.1) is 11.3 Å². The molecular formula is C10H15NOS2. The minimum atomic E-state index is 0.283. The second-order valence-electron chi connectivity index (χ2n) is 3.17. The molecule has 0 aliphatic rings. The van der Waals surface area contributed by atoms with Crippen molar-refractivity contribution in [3.63, 3.8) is 0 Å². The van der Waals surface area contributed by atoms with Crippen molar-refractivity contribution in [3.8, 4) is 0 Å². The van der Waals surface area contributed by atoms with Crippen LogP contribution in [0.5, 0.6) is 0 Å². The summed E-state index contributed by atoms with van der Waals surface area (Å²) in [5, 5.41) is 3.42. The zero-order chi connectivity index (χ0) is 10.4. The Kier molecular flexibility index (Phi) is 5.19. The molecule has 1 atom stereocenters. The molecule has 0 saturated carbocycles. The molecule has 1 aromatic heterocycles. The van der Waals surface area contributed by atoms with Crippen LogP contribution in [0.1, 0.15) is 25.3 Å². The van der Waals surface area contributed by atoms with Crippen molar-refractivity contribution in [2.75, 3.05) is 5.75 Å². The van der Waals surface area contributed by atoms with E-state index in [2.05, 4.69) is 18.8 Å². The van der Waals surface area contributed by atoms with Gasteiger partial charge < -0.3 is 0 Å². The lowest BCUT2D eigenvalue weighted by Crippen LogP contribution is -2.08. The van der Waals surface area contributed by atoms with Crippen LogP contribution in [0.15, 0.2) is 11.6 Å². The number of thiazole rings is 1. The van der Waals surface area contributed by atoms with Gasteiger partial charge in [-0.05, 0) is 6.42 Å². The van der Waals surface area contributed by atoms with Gasteiger partial charge in [0.2, 0.25) is 0 Å². The highest BCUT2D eigenvalue weighted by Crippen LogP contribution is 2.14. The molecule has 0 aliphatic carbocycles. The van der Waals surface area contributed by atoms with E-state index in [0.29, 0.717) is 17.4 Å². The molecule has 1 unspecified atom stereocenters. The fraction of sp³-hybridized carbons (Fsp3) is 0.600. The maximum atomic E-state index is 11.5. The van der Waals surface area contributed by atoms with Gasteiger partial charge in [0.25, 0.3) is 0 Å². The van der Waals surface area contributed by atoms with Crippen molar-refractivity contribution in [2.45, 2.75) is 31.9 Å². The molecule has 0 spiro atoms. The molecule has 0 bridgehead atoms. The Balaban J connectivity index is 2.23. The Labute approximate surface area is 93.1 Å².